The lowest BCUT2D eigenvalue weighted by Gasteiger charge is -2.33. The fourth-order valence-electron chi connectivity index (χ4n) is 1.83. The maximum absolute atomic E-state index is 11.0. The second-order valence-corrected chi connectivity index (χ2v) is 6.60. The van der Waals surface area contributed by atoms with Gasteiger partial charge in [0.25, 0.3) is 0 Å². The Morgan fingerprint density at radius 1 is 1.50 bits per heavy atom. The molecule has 1 aliphatic rings. The Labute approximate surface area is 98.2 Å². The summed E-state index contributed by atoms with van der Waals surface area (Å²) in [4.78, 5) is 2.32. The summed E-state index contributed by atoms with van der Waals surface area (Å²) in [5.41, 5.74) is 0. The van der Waals surface area contributed by atoms with Crippen molar-refractivity contribution in [1.82, 2.24) is 9.62 Å². The highest BCUT2D eigenvalue weighted by atomic mass is 32.2. The molecular weight excluding hydrogens is 228 g/mol. The first-order valence-electron chi connectivity index (χ1n) is 5.65. The van der Waals surface area contributed by atoms with Crippen LogP contribution < -0.4 is 4.72 Å². The number of nitrogens with zero attached hydrogens (tertiary/aromatic N) is 1. The number of ether oxygens (including phenoxy) is 1. The van der Waals surface area contributed by atoms with Crippen LogP contribution in [0.5, 0.6) is 0 Å². The summed E-state index contributed by atoms with van der Waals surface area (Å²) < 4.78 is 29.9. The van der Waals surface area contributed by atoms with Gasteiger partial charge in [0, 0.05) is 26.2 Å². The van der Waals surface area contributed by atoms with Gasteiger partial charge in [0.15, 0.2) is 0 Å². The van der Waals surface area contributed by atoms with Crippen LogP contribution in [0, 0.1) is 5.92 Å². The minimum atomic E-state index is -3.11. The van der Waals surface area contributed by atoms with Crippen LogP contribution >= 0.6 is 0 Å². The average molecular weight is 250 g/mol. The highest BCUT2D eigenvalue weighted by Crippen LogP contribution is 2.07. The molecule has 1 atom stereocenters. The number of rotatable bonds is 5. The van der Waals surface area contributed by atoms with Crippen LogP contribution in [0.15, 0.2) is 0 Å². The lowest BCUT2D eigenvalue weighted by molar-refractivity contribution is -0.0279. The average Bonchev–Trinajstić information content (AvgIpc) is 2.13. The van der Waals surface area contributed by atoms with Crippen LogP contribution in [0.2, 0.25) is 0 Å². The Bertz CT molecular complexity index is 303. The van der Waals surface area contributed by atoms with Crippen molar-refractivity contribution in [2.24, 2.45) is 5.92 Å². The van der Waals surface area contributed by atoms with Crippen molar-refractivity contribution < 1.29 is 13.2 Å². The lowest BCUT2D eigenvalue weighted by Crippen LogP contribution is -2.48. The van der Waals surface area contributed by atoms with Gasteiger partial charge in [-0.2, -0.15) is 0 Å². The van der Waals surface area contributed by atoms with Crippen LogP contribution in [0.4, 0.5) is 0 Å². The van der Waals surface area contributed by atoms with Crippen molar-refractivity contribution in [2.45, 2.75) is 20.0 Å². The van der Waals surface area contributed by atoms with E-state index in [1.165, 1.54) is 6.26 Å². The molecule has 0 aromatic rings. The monoisotopic (exact) mass is 250 g/mol. The van der Waals surface area contributed by atoms with Gasteiger partial charge in [-0.1, -0.05) is 13.8 Å². The number of hydrogen-bond donors (Lipinski definition) is 1. The van der Waals surface area contributed by atoms with E-state index in [-0.39, 0.29) is 6.10 Å². The normalized spacial score (nSPS) is 23.9. The Kier molecular flexibility index (Phi) is 5.17. The lowest BCUT2D eigenvalue weighted by atomic mass is 10.2. The summed E-state index contributed by atoms with van der Waals surface area (Å²) in [5.74, 6) is 0.626. The number of nitrogens with one attached hydrogen (secondary N) is 1. The highest BCUT2D eigenvalue weighted by molar-refractivity contribution is 7.88. The SMILES string of the molecule is CC(C)CN1CCO[C@@H](CNS(C)(=O)=O)C1. The molecule has 0 bridgehead atoms. The molecule has 1 fully saturated rings. The minimum Gasteiger partial charge on any atom is -0.374 e. The molecule has 16 heavy (non-hydrogen) atoms. The Hall–Kier alpha value is -0.170. The van der Waals surface area contributed by atoms with Crippen molar-refractivity contribution in [3.05, 3.63) is 0 Å². The standard InChI is InChI=1S/C10H22N2O3S/c1-9(2)7-12-4-5-15-10(8-12)6-11-16(3,13)14/h9-11H,4-8H2,1-3H3/t10-/m0/s1. The van der Waals surface area contributed by atoms with Crippen molar-refractivity contribution in [3.63, 3.8) is 0 Å². The largest absolute Gasteiger partial charge is 0.374 e. The molecule has 1 N–H and O–H groups in total. The van der Waals surface area contributed by atoms with Crippen molar-refractivity contribution in [3.8, 4) is 0 Å². The molecule has 1 aliphatic heterocycles. The van der Waals surface area contributed by atoms with Gasteiger partial charge in [0.1, 0.15) is 0 Å². The van der Waals surface area contributed by atoms with E-state index in [0.29, 0.717) is 19.1 Å². The van der Waals surface area contributed by atoms with Crippen LogP contribution in [-0.4, -0.2) is 58.5 Å². The predicted octanol–water partition coefficient (Wildman–Crippen LogP) is -0.108. The Morgan fingerprint density at radius 2 is 2.19 bits per heavy atom. The van der Waals surface area contributed by atoms with Crippen LogP contribution in [0.3, 0.4) is 0 Å². The van der Waals surface area contributed by atoms with Crippen LogP contribution in [0.25, 0.3) is 0 Å². The van der Waals surface area contributed by atoms with E-state index >= 15 is 0 Å². The van der Waals surface area contributed by atoms with Crippen LogP contribution in [-0.2, 0) is 14.8 Å². The molecule has 0 aliphatic carbocycles. The summed E-state index contributed by atoms with van der Waals surface area (Å²) in [5, 5.41) is 0. The quantitative estimate of drug-likeness (QED) is 0.740. The molecule has 0 radical (unpaired) electrons. The first-order chi connectivity index (χ1) is 7.37. The highest BCUT2D eigenvalue weighted by Gasteiger charge is 2.21. The molecule has 0 spiro atoms. The molecule has 96 valence electrons. The van der Waals surface area contributed by atoms with E-state index in [1.54, 1.807) is 0 Å². The Morgan fingerprint density at radius 3 is 2.75 bits per heavy atom. The van der Waals surface area contributed by atoms with Gasteiger partial charge >= 0.3 is 0 Å². The molecule has 1 rings (SSSR count). The van der Waals surface area contributed by atoms with Gasteiger partial charge in [-0.25, -0.2) is 13.1 Å². The van der Waals surface area contributed by atoms with Gasteiger partial charge < -0.3 is 4.74 Å². The third kappa shape index (κ3) is 5.79. The van der Waals surface area contributed by atoms with Gasteiger partial charge in [0.2, 0.25) is 10.0 Å². The zero-order chi connectivity index (χ0) is 12.2. The van der Waals surface area contributed by atoms with E-state index in [2.05, 4.69) is 23.5 Å². The topological polar surface area (TPSA) is 58.6 Å². The number of sulfonamides is 1. The summed E-state index contributed by atoms with van der Waals surface area (Å²) in [6.45, 7) is 8.20. The zero-order valence-electron chi connectivity index (χ0n) is 10.3. The summed E-state index contributed by atoms with van der Waals surface area (Å²) in [7, 11) is -3.11. The molecule has 5 nitrogen and oxygen atoms in total. The summed E-state index contributed by atoms with van der Waals surface area (Å²) >= 11 is 0. The second-order valence-electron chi connectivity index (χ2n) is 4.77. The molecule has 0 aromatic heterocycles. The second kappa shape index (κ2) is 5.95. The van der Waals surface area contributed by atoms with Crippen molar-refractivity contribution >= 4 is 10.0 Å². The van der Waals surface area contributed by atoms with Gasteiger partial charge in [0.05, 0.1) is 19.0 Å². The zero-order valence-corrected chi connectivity index (χ0v) is 11.1. The molecule has 1 saturated heterocycles. The number of morpholine rings is 1. The Balaban J connectivity index is 2.33. The molecule has 0 unspecified atom stereocenters. The van der Waals surface area contributed by atoms with E-state index in [9.17, 15) is 8.42 Å². The van der Waals surface area contributed by atoms with E-state index in [1.807, 2.05) is 0 Å². The maximum Gasteiger partial charge on any atom is 0.208 e. The third-order valence-electron chi connectivity index (χ3n) is 2.42. The van der Waals surface area contributed by atoms with Crippen LogP contribution in [0.1, 0.15) is 13.8 Å². The van der Waals surface area contributed by atoms with Crippen molar-refractivity contribution in [1.29, 1.82) is 0 Å². The van der Waals surface area contributed by atoms with E-state index in [0.717, 1.165) is 19.6 Å². The fraction of sp³-hybridized carbons (Fsp3) is 1.00. The fourth-order valence-corrected chi connectivity index (χ4v) is 2.32. The molecule has 0 saturated carbocycles. The first-order valence-corrected chi connectivity index (χ1v) is 7.54. The molecular formula is C10H22N2O3S. The van der Waals surface area contributed by atoms with Crippen molar-refractivity contribution in [2.75, 3.05) is 39.0 Å². The van der Waals surface area contributed by atoms with E-state index < -0.39 is 10.0 Å². The van der Waals surface area contributed by atoms with Gasteiger partial charge in [-0.05, 0) is 5.92 Å². The smallest absolute Gasteiger partial charge is 0.208 e. The summed E-state index contributed by atoms with van der Waals surface area (Å²) in [6.07, 6.45) is 1.14. The third-order valence-corrected chi connectivity index (χ3v) is 3.11. The maximum atomic E-state index is 11.0. The number of hydrogen-bond acceptors (Lipinski definition) is 4. The molecule has 0 aromatic carbocycles. The van der Waals surface area contributed by atoms with Gasteiger partial charge in [-0.3, -0.25) is 4.90 Å². The molecule has 0 amide bonds. The minimum absolute atomic E-state index is 0.0257. The summed E-state index contributed by atoms with van der Waals surface area (Å²) in [6, 6.07) is 0. The van der Waals surface area contributed by atoms with E-state index in [4.69, 9.17) is 4.74 Å². The first kappa shape index (κ1) is 13.9. The molecule has 1 heterocycles. The van der Waals surface area contributed by atoms with Gasteiger partial charge in [-0.15, -0.1) is 0 Å². The predicted molar refractivity (Wildman–Crippen MR) is 63.9 cm³/mol. The molecule has 6 heteroatoms.